The summed E-state index contributed by atoms with van der Waals surface area (Å²) in [6.45, 7) is 1.22. The Labute approximate surface area is 114 Å². The fraction of sp³-hybridized carbons (Fsp3) is 0.538. The summed E-state index contributed by atoms with van der Waals surface area (Å²) < 4.78 is 28.9. The Balaban J connectivity index is 1.83. The Morgan fingerprint density at radius 1 is 1.21 bits per heavy atom. The second kappa shape index (κ2) is 4.86. The quantitative estimate of drug-likeness (QED) is 0.849. The fourth-order valence-electron chi connectivity index (χ4n) is 2.94. The highest BCUT2D eigenvalue weighted by atomic mass is 32.2. The van der Waals surface area contributed by atoms with E-state index in [9.17, 15) is 8.42 Å². The Bertz CT molecular complexity index is 567. The first-order chi connectivity index (χ1) is 9.08. The molecule has 6 heteroatoms. The van der Waals surface area contributed by atoms with Crippen LogP contribution in [0.3, 0.4) is 0 Å². The molecule has 2 atom stereocenters. The van der Waals surface area contributed by atoms with Gasteiger partial charge in [0.25, 0.3) is 10.2 Å². The lowest BCUT2D eigenvalue weighted by atomic mass is 10.1. The van der Waals surface area contributed by atoms with Crippen LogP contribution < -0.4 is 10.5 Å². The standard InChI is InChI=1S/C13H19N3O2S/c14-12-9-10-5-1-2-6-11(10)13(12)15-19(17,18)16-7-3-4-8-16/h1-2,5-6,12-13,15H,3-4,7-9,14H2. The van der Waals surface area contributed by atoms with Crippen molar-refractivity contribution in [1.82, 2.24) is 9.03 Å². The number of nitrogens with two attached hydrogens (primary N) is 1. The minimum atomic E-state index is -3.42. The van der Waals surface area contributed by atoms with E-state index in [-0.39, 0.29) is 12.1 Å². The van der Waals surface area contributed by atoms with E-state index in [2.05, 4.69) is 4.72 Å². The van der Waals surface area contributed by atoms with Crippen LogP contribution in [0.15, 0.2) is 24.3 Å². The Hall–Kier alpha value is -0.950. The van der Waals surface area contributed by atoms with Crippen LogP contribution in [0, 0.1) is 0 Å². The highest BCUT2D eigenvalue weighted by Crippen LogP contribution is 2.31. The zero-order chi connectivity index (χ0) is 13.5. The number of hydrogen-bond acceptors (Lipinski definition) is 3. The van der Waals surface area contributed by atoms with Crippen LogP contribution in [0.4, 0.5) is 0 Å². The van der Waals surface area contributed by atoms with E-state index in [0.29, 0.717) is 13.1 Å². The lowest BCUT2D eigenvalue weighted by Crippen LogP contribution is -2.45. The molecule has 5 nitrogen and oxygen atoms in total. The number of fused-ring (bicyclic) bond motifs is 1. The van der Waals surface area contributed by atoms with Crippen LogP contribution in [0.1, 0.15) is 30.0 Å². The van der Waals surface area contributed by atoms with Gasteiger partial charge in [0.1, 0.15) is 0 Å². The topological polar surface area (TPSA) is 75.4 Å². The van der Waals surface area contributed by atoms with Crippen LogP contribution >= 0.6 is 0 Å². The fourth-order valence-corrected chi connectivity index (χ4v) is 4.45. The minimum absolute atomic E-state index is 0.185. The van der Waals surface area contributed by atoms with Crippen molar-refractivity contribution in [2.24, 2.45) is 5.73 Å². The second-order valence-corrected chi connectivity index (χ2v) is 6.98. The molecule has 1 aliphatic carbocycles. The molecule has 2 unspecified atom stereocenters. The van der Waals surface area contributed by atoms with Crippen LogP contribution in [0.5, 0.6) is 0 Å². The molecular formula is C13H19N3O2S. The molecule has 1 aromatic carbocycles. The molecule has 3 rings (SSSR count). The Kier molecular flexibility index (Phi) is 3.34. The van der Waals surface area contributed by atoms with Gasteiger partial charge in [0, 0.05) is 19.1 Å². The van der Waals surface area contributed by atoms with Crippen molar-refractivity contribution < 1.29 is 8.42 Å². The van der Waals surface area contributed by atoms with Gasteiger partial charge >= 0.3 is 0 Å². The maximum atomic E-state index is 12.3. The molecule has 0 spiro atoms. The predicted octanol–water partition coefficient (Wildman–Crippen LogP) is 0.541. The largest absolute Gasteiger partial charge is 0.326 e. The molecule has 0 bridgehead atoms. The molecule has 0 amide bonds. The molecule has 3 N–H and O–H groups in total. The molecular weight excluding hydrogens is 262 g/mol. The molecule has 1 aromatic rings. The minimum Gasteiger partial charge on any atom is -0.326 e. The van der Waals surface area contributed by atoms with Gasteiger partial charge in [-0.1, -0.05) is 24.3 Å². The molecule has 104 valence electrons. The van der Waals surface area contributed by atoms with Gasteiger partial charge in [0.05, 0.1) is 6.04 Å². The smallest absolute Gasteiger partial charge is 0.280 e. The predicted molar refractivity (Wildman–Crippen MR) is 73.7 cm³/mol. The first kappa shape index (κ1) is 13.1. The number of nitrogens with zero attached hydrogens (tertiary/aromatic N) is 1. The lowest BCUT2D eigenvalue weighted by molar-refractivity contribution is 0.442. The zero-order valence-corrected chi connectivity index (χ0v) is 11.6. The molecule has 1 saturated heterocycles. The second-order valence-electron chi connectivity index (χ2n) is 5.27. The zero-order valence-electron chi connectivity index (χ0n) is 10.7. The number of benzene rings is 1. The van der Waals surface area contributed by atoms with Crippen LogP contribution in [0.2, 0.25) is 0 Å². The summed E-state index contributed by atoms with van der Waals surface area (Å²) in [5, 5.41) is 0. The summed E-state index contributed by atoms with van der Waals surface area (Å²) >= 11 is 0. The summed E-state index contributed by atoms with van der Waals surface area (Å²) in [6, 6.07) is 7.37. The Morgan fingerprint density at radius 2 is 1.89 bits per heavy atom. The molecule has 2 aliphatic rings. The molecule has 19 heavy (non-hydrogen) atoms. The van der Waals surface area contributed by atoms with Crippen molar-refractivity contribution in [3.8, 4) is 0 Å². The third kappa shape index (κ3) is 2.41. The molecule has 0 saturated carbocycles. The third-order valence-corrected chi connectivity index (χ3v) is 5.55. The average molecular weight is 281 g/mol. The summed E-state index contributed by atoms with van der Waals surface area (Å²) in [4.78, 5) is 0. The van der Waals surface area contributed by atoms with Crippen LogP contribution in [-0.2, 0) is 16.6 Å². The van der Waals surface area contributed by atoms with Crippen molar-refractivity contribution >= 4 is 10.2 Å². The number of hydrogen-bond donors (Lipinski definition) is 2. The van der Waals surface area contributed by atoms with Crippen molar-refractivity contribution in [3.63, 3.8) is 0 Å². The van der Waals surface area contributed by atoms with Crippen molar-refractivity contribution in [1.29, 1.82) is 0 Å². The average Bonchev–Trinajstić information content (AvgIpc) is 2.99. The summed E-state index contributed by atoms with van der Waals surface area (Å²) in [5.74, 6) is 0. The van der Waals surface area contributed by atoms with Gasteiger partial charge in [-0.25, -0.2) is 0 Å². The van der Waals surface area contributed by atoms with Crippen molar-refractivity contribution in [2.45, 2.75) is 31.3 Å². The van der Waals surface area contributed by atoms with Gasteiger partial charge < -0.3 is 5.73 Å². The highest BCUT2D eigenvalue weighted by Gasteiger charge is 2.35. The maximum Gasteiger partial charge on any atom is 0.280 e. The van der Waals surface area contributed by atoms with E-state index in [1.807, 2.05) is 24.3 Å². The first-order valence-electron chi connectivity index (χ1n) is 6.69. The number of nitrogens with one attached hydrogen (secondary N) is 1. The van der Waals surface area contributed by atoms with Gasteiger partial charge in [-0.3, -0.25) is 0 Å². The SMILES string of the molecule is NC1Cc2ccccc2C1NS(=O)(=O)N1CCCC1. The van der Waals surface area contributed by atoms with E-state index < -0.39 is 10.2 Å². The van der Waals surface area contributed by atoms with E-state index in [4.69, 9.17) is 5.73 Å². The van der Waals surface area contributed by atoms with Crippen LogP contribution in [-0.4, -0.2) is 31.9 Å². The van der Waals surface area contributed by atoms with Gasteiger partial charge in [-0.05, 0) is 30.4 Å². The maximum absolute atomic E-state index is 12.3. The van der Waals surface area contributed by atoms with Crippen molar-refractivity contribution in [2.75, 3.05) is 13.1 Å². The van der Waals surface area contributed by atoms with Gasteiger partial charge in [0.2, 0.25) is 0 Å². The van der Waals surface area contributed by atoms with E-state index in [0.717, 1.165) is 30.4 Å². The molecule has 1 heterocycles. The van der Waals surface area contributed by atoms with E-state index >= 15 is 0 Å². The number of rotatable bonds is 3. The van der Waals surface area contributed by atoms with Gasteiger partial charge in [-0.15, -0.1) is 0 Å². The summed E-state index contributed by atoms with van der Waals surface area (Å²) in [6.07, 6.45) is 2.60. The highest BCUT2D eigenvalue weighted by molar-refractivity contribution is 7.87. The van der Waals surface area contributed by atoms with E-state index in [1.54, 1.807) is 0 Å². The first-order valence-corrected chi connectivity index (χ1v) is 8.13. The molecule has 0 radical (unpaired) electrons. The lowest BCUT2D eigenvalue weighted by Gasteiger charge is -2.23. The Morgan fingerprint density at radius 3 is 2.63 bits per heavy atom. The van der Waals surface area contributed by atoms with Crippen molar-refractivity contribution in [3.05, 3.63) is 35.4 Å². The molecule has 0 aromatic heterocycles. The monoisotopic (exact) mass is 281 g/mol. The normalized spacial score (nSPS) is 27.6. The summed E-state index contributed by atoms with van der Waals surface area (Å²) in [7, 11) is -3.42. The molecule has 1 fully saturated rings. The third-order valence-electron chi connectivity index (χ3n) is 3.95. The van der Waals surface area contributed by atoms with E-state index in [1.165, 1.54) is 4.31 Å². The molecule has 1 aliphatic heterocycles. The van der Waals surface area contributed by atoms with Gasteiger partial charge in [0.15, 0.2) is 0 Å². The van der Waals surface area contributed by atoms with Crippen LogP contribution in [0.25, 0.3) is 0 Å². The van der Waals surface area contributed by atoms with Gasteiger partial charge in [-0.2, -0.15) is 17.4 Å². The summed E-state index contributed by atoms with van der Waals surface area (Å²) in [5.41, 5.74) is 8.24.